The Hall–Kier alpha value is -1.07. The van der Waals surface area contributed by atoms with Crippen LogP contribution < -0.4 is 16.2 Å². The van der Waals surface area contributed by atoms with Gasteiger partial charge >= 0.3 is 0 Å². The third-order valence-electron chi connectivity index (χ3n) is 2.95. The van der Waals surface area contributed by atoms with E-state index in [0.717, 1.165) is 0 Å². The Balaban J connectivity index is 1.84. The molecular weight excluding hydrogens is 346 g/mol. The minimum Gasteiger partial charge on any atom is -0.399 e. The fourth-order valence-corrected chi connectivity index (χ4v) is 2.55. The molecule has 0 bridgehead atoms. The minimum absolute atomic E-state index is 0.457. The smallest absolute Gasteiger partial charge is 0.124 e. The van der Waals surface area contributed by atoms with Gasteiger partial charge in [-0.25, -0.2) is 8.93 Å². The molecule has 0 aliphatic heterocycles. The van der Waals surface area contributed by atoms with Gasteiger partial charge in [0.1, 0.15) is 11.0 Å². The summed E-state index contributed by atoms with van der Waals surface area (Å²) in [7, 11) is -1.26. The first-order valence-electron chi connectivity index (χ1n) is 8.26. The molecule has 8 nitrogen and oxygen atoms in total. The summed E-state index contributed by atoms with van der Waals surface area (Å²) < 4.78 is 36.1. The van der Waals surface area contributed by atoms with Crippen molar-refractivity contribution in [1.82, 2.24) is 4.72 Å². The third kappa shape index (κ3) is 12.0. The topological polar surface area (TPSA) is 118 Å². The molecule has 1 aromatic carbocycles. The maximum Gasteiger partial charge on any atom is 0.124 e. The van der Waals surface area contributed by atoms with Gasteiger partial charge in [-0.1, -0.05) is 0 Å². The number of nitrogens with two attached hydrogens (primary N) is 2. The van der Waals surface area contributed by atoms with E-state index in [9.17, 15) is 4.21 Å². The highest BCUT2D eigenvalue weighted by Crippen LogP contribution is 2.08. The highest BCUT2D eigenvalue weighted by atomic mass is 32.2. The third-order valence-corrected chi connectivity index (χ3v) is 4.12. The van der Waals surface area contributed by atoms with Crippen LogP contribution in [0.1, 0.15) is 0 Å². The van der Waals surface area contributed by atoms with Crippen LogP contribution in [-0.2, 0) is 29.9 Å². The van der Waals surface area contributed by atoms with Gasteiger partial charge in [0.15, 0.2) is 0 Å². The molecule has 0 radical (unpaired) electrons. The molecule has 1 aromatic rings. The molecule has 1 rings (SSSR count). The number of ether oxygens (including phenoxy) is 4. The molecule has 0 aromatic heterocycles. The summed E-state index contributed by atoms with van der Waals surface area (Å²) in [5.41, 5.74) is 11.5. The summed E-state index contributed by atoms with van der Waals surface area (Å²) in [6.07, 6.45) is 0. The lowest BCUT2D eigenvalue weighted by Crippen LogP contribution is -2.23. The van der Waals surface area contributed by atoms with Crippen LogP contribution in [0.4, 0.5) is 5.69 Å². The summed E-state index contributed by atoms with van der Waals surface area (Å²) in [4.78, 5) is 0.686. The van der Waals surface area contributed by atoms with E-state index in [1.54, 1.807) is 24.3 Å². The largest absolute Gasteiger partial charge is 0.399 e. The van der Waals surface area contributed by atoms with Gasteiger partial charge in [-0.2, -0.15) is 0 Å². The van der Waals surface area contributed by atoms with E-state index in [2.05, 4.69) is 4.72 Å². The molecule has 0 saturated carbocycles. The number of hydrogen-bond acceptors (Lipinski definition) is 7. The molecular formula is C16H29N3O5S. The average Bonchev–Trinajstić information content (AvgIpc) is 2.62. The van der Waals surface area contributed by atoms with Crippen molar-refractivity contribution in [1.29, 1.82) is 0 Å². The van der Waals surface area contributed by atoms with Crippen LogP contribution in [0.15, 0.2) is 29.2 Å². The van der Waals surface area contributed by atoms with Crippen LogP contribution in [0.25, 0.3) is 0 Å². The Kier molecular flexibility index (Phi) is 13.4. The van der Waals surface area contributed by atoms with Crippen LogP contribution in [0.2, 0.25) is 0 Å². The van der Waals surface area contributed by atoms with E-state index in [0.29, 0.717) is 76.5 Å². The zero-order valence-electron chi connectivity index (χ0n) is 14.5. The normalized spacial score (nSPS) is 12.4. The van der Waals surface area contributed by atoms with Crippen LogP contribution in [0.3, 0.4) is 0 Å². The number of benzene rings is 1. The van der Waals surface area contributed by atoms with Crippen molar-refractivity contribution in [3.63, 3.8) is 0 Å². The van der Waals surface area contributed by atoms with Gasteiger partial charge in [-0.3, -0.25) is 0 Å². The van der Waals surface area contributed by atoms with E-state index in [4.69, 9.17) is 30.4 Å². The summed E-state index contributed by atoms with van der Waals surface area (Å²) in [6.45, 7) is 5.12. The van der Waals surface area contributed by atoms with Crippen molar-refractivity contribution >= 4 is 16.7 Å². The lowest BCUT2D eigenvalue weighted by molar-refractivity contribution is -0.000329. The quantitative estimate of drug-likeness (QED) is 0.273. The van der Waals surface area contributed by atoms with Crippen LogP contribution in [-0.4, -0.2) is 70.2 Å². The van der Waals surface area contributed by atoms with Gasteiger partial charge in [0.25, 0.3) is 0 Å². The monoisotopic (exact) mass is 375 g/mol. The second-order valence-corrected chi connectivity index (χ2v) is 6.27. The van der Waals surface area contributed by atoms with Crippen LogP contribution in [0, 0.1) is 0 Å². The second-order valence-electron chi connectivity index (χ2n) is 4.97. The van der Waals surface area contributed by atoms with Crippen LogP contribution in [0.5, 0.6) is 0 Å². The minimum atomic E-state index is -1.26. The van der Waals surface area contributed by atoms with Gasteiger partial charge in [-0.05, 0) is 24.3 Å². The van der Waals surface area contributed by atoms with Crippen molar-refractivity contribution in [2.45, 2.75) is 4.90 Å². The molecule has 25 heavy (non-hydrogen) atoms. The van der Waals surface area contributed by atoms with E-state index < -0.39 is 11.0 Å². The SMILES string of the molecule is NCCOCCOCCOCCOCCNS(=O)c1ccc(N)cc1. The highest BCUT2D eigenvalue weighted by molar-refractivity contribution is 7.83. The van der Waals surface area contributed by atoms with E-state index in [-0.39, 0.29) is 0 Å². The Morgan fingerprint density at radius 3 is 1.80 bits per heavy atom. The first-order chi connectivity index (χ1) is 12.2. The average molecular weight is 375 g/mol. The van der Waals surface area contributed by atoms with Gasteiger partial charge in [0.05, 0.1) is 57.8 Å². The lowest BCUT2D eigenvalue weighted by atomic mass is 10.3. The predicted molar refractivity (Wildman–Crippen MR) is 97.6 cm³/mol. The summed E-state index contributed by atoms with van der Waals surface area (Å²) in [5, 5.41) is 0. The van der Waals surface area contributed by atoms with E-state index in [1.807, 2.05) is 0 Å². The van der Waals surface area contributed by atoms with E-state index >= 15 is 0 Å². The zero-order valence-corrected chi connectivity index (χ0v) is 15.3. The Labute approximate surface area is 151 Å². The molecule has 9 heteroatoms. The Bertz CT molecular complexity index is 462. The van der Waals surface area contributed by atoms with Crippen molar-refractivity contribution < 1.29 is 23.2 Å². The summed E-state index contributed by atoms with van der Waals surface area (Å²) in [5.74, 6) is 0. The molecule has 0 aliphatic carbocycles. The van der Waals surface area contributed by atoms with Crippen molar-refractivity contribution in [2.24, 2.45) is 5.73 Å². The maximum absolute atomic E-state index is 11.9. The zero-order chi connectivity index (χ0) is 18.2. The molecule has 0 heterocycles. The number of anilines is 1. The molecule has 0 saturated heterocycles. The maximum atomic E-state index is 11.9. The standard InChI is InChI=1S/C16H29N3O5S/c17-5-7-21-9-11-23-13-14-24-12-10-22-8-6-19-25(20)16-3-1-15(18)2-4-16/h1-4,19H,5-14,17-18H2. The second kappa shape index (κ2) is 15.2. The van der Waals surface area contributed by atoms with Crippen molar-refractivity contribution in [2.75, 3.05) is 71.7 Å². The van der Waals surface area contributed by atoms with Gasteiger partial charge in [-0.15, -0.1) is 0 Å². The fraction of sp³-hybridized carbons (Fsp3) is 0.625. The molecule has 5 N–H and O–H groups in total. The number of nitrogens with one attached hydrogen (secondary N) is 1. The Morgan fingerprint density at radius 2 is 1.28 bits per heavy atom. The first kappa shape index (κ1) is 22.0. The molecule has 0 spiro atoms. The summed E-state index contributed by atoms with van der Waals surface area (Å²) in [6, 6.07) is 6.92. The van der Waals surface area contributed by atoms with E-state index in [1.165, 1.54) is 0 Å². The number of hydrogen-bond donors (Lipinski definition) is 3. The van der Waals surface area contributed by atoms with Crippen molar-refractivity contribution in [3.05, 3.63) is 24.3 Å². The molecule has 144 valence electrons. The molecule has 1 atom stereocenters. The molecule has 0 amide bonds. The lowest BCUT2D eigenvalue weighted by Gasteiger charge is -2.08. The van der Waals surface area contributed by atoms with Gasteiger partial charge in [0.2, 0.25) is 0 Å². The Morgan fingerprint density at radius 1 is 0.800 bits per heavy atom. The molecule has 0 fully saturated rings. The first-order valence-corrected chi connectivity index (χ1v) is 9.41. The summed E-state index contributed by atoms with van der Waals surface area (Å²) >= 11 is 0. The predicted octanol–water partition coefficient (Wildman–Crippen LogP) is -0.0939. The molecule has 0 aliphatic rings. The van der Waals surface area contributed by atoms with Crippen LogP contribution >= 0.6 is 0 Å². The van der Waals surface area contributed by atoms with Crippen molar-refractivity contribution in [3.8, 4) is 0 Å². The number of nitrogen functional groups attached to an aromatic ring is 1. The highest BCUT2D eigenvalue weighted by Gasteiger charge is 2.02. The molecule has 1 unspecified atom stereocenters. The fourth-order valence-electron chi connectivity index (χ4n) is 1.73. The van der Waals surface area contributed by atoms with Gasteiger partial charge in [0, 0.05) is 18.8 Å². The van der Waals surface area contributed by atoms with Gasteiger partial charge < -0.3 is 30.4 Å². The number of rotatable bonds is 16.